The minimum atomic E-state index is -0.977. The van der Waals surface area contributed by atoms with E-state index in [0.29, 0.717) is 12.2 Å². The molecule has 3 heterocycles. The molecule has 1 aliphatic rings. The maximum Gasteiger partial charge on any atom is 0.327 e. The topological polar surface area (TPSA) is 75.1 Å². The SMILES string of the molecule is O=C(O)[C@@H]1CSc2c(-c3c[nH]c4ccccc34)c(Cc3cccc4ccccc34)cc(=O)n21. The average molecular weight is 453 g/mol. The number of pyridine rings is 1. The maximum atomic E-state index is 13.2. The van der Waals surface area contributed by atoms with E-state index in [1.807, 2.05) is 42.6 Å². The molecule has 6 heteroatoms. The van der Waals surface area contributed by atoms with Gasteiger partial charge in [-0.2, -0.15) is 0 Å². The lowest BCUT2D eigenvalue weighted by Crippen LogP contribution is -2.29. The zero-order chi connectivity index (χ0) is 22.5. The molecule has 3 aromatic carbocycles. The molecule has 0 saturated heterocycles. The van der Waals surface area contributed by atoms with E-state index in [2.05, 4.69) is 35.3 Å². The second-order valence-corrected chi connectivity index (χ2v) is 9.29. The van der Waals surface area contributed by atoms with Crippen LogP contribution >= 0.6 is 11.8 Å². The molecule has 0 spiro atoms. The van der Waals surface area contributed by atoms with E-state index in [9.17, 15) is 14.7 Å². The third kappa shape index (κ3) is 3.17. The van der Waals surface area contributed by atoms with E-state index >= 15 is 0 Å². The summed E-state index contributed by atoms with van der Waals surface area (Å²) in [6, 6.07) is 23.3. The Bertz CT molecular complexity index is 1610. The zero-order valence-corrected chi connectivity index (χ0v) is 18.4. The number of benzene rings is 3. The summed E-state index contributed by atoms with van der Waals surface area (Å²) in [4.78, 5) is 28.4. The lowest BCUT2D eigenvalue weighted by atomic mass is 9.93. The van der Waals surface area contributed by atoms with Gasteiger partial charge >= 0.3 is 5.97 Å². The van der Waals surface area contributed by atoms with Gasteiger partial charge in [0.2, 0.25) is 0 Å². The lowest BCUT2D eigenvalue weighted by Gasteiger charge is -2.17. The van der Waals surface area contributed by atoms with Crippen molar-refractivity contribution in [3.63, 3.8) is 0 Å². The number of hydrogen-bond donors (Lipinski definition) is 2. The number of carboxylic acid groups (broad SMARTS) is 1. The van der Waals surface area contributed by atoms with Gasteiger partial charge in [-0.3, -0.25) is 9.36 Å². The molecule has 33 heavy (non-hydrogen) atoms. The van der Waals surface area contributed by atoms with E-state index in [1.165, 1.54) is 16.3 Å². The Kier molecular flexibility index (Phi) is 4.62. The summed E-state index contributed by atoms with van der Waals surface area (Å²) in [6.45, 7) is 0. The number of aromatic nitrogens is 2. The van der Waals surface area contributed by atoms with Crippen molar-refractivity contribution in [3.05, 3.63) is 100 Å². The van der Waals surface area contributed by atoms with E-state index in [0.717, 1.165) is 49.0 Å². The van der Waals surface area contributed by atoms with Gasteiger partial charge in [0.15, 0.2) is 0 Å². The van der Waals surface area contributed by atoms with Crippen LogP contribution in [0.1, 0.15) is 17.2 Å². The average Bonchev–Trinajstić information content (AvgIpc) is 3.45. The number of H-pyrrole nitrogens is 1. The van der Waals surface area contributed by atoms with Gasteiger partial charge in [0.05, 0.1) is 5.03 Å². The molecule has 6 rings (SSSR count). The molecule has 0 amide bonds. The van der Waals surface area contributed by atoms with Crippen molar-refractivity contribution >= 4 is 39.4 Å². The molecule has 0 saturated carbocycles. The van der Waals surface area contributed by atoms with Gasteiger partial charge in [0, 0.05) is 40.0 Å². The smallest absolute Gasteiger partial charge is 0.327 e. The summed E-state index contributed by atoms with van der Waals surface area (Å²) in [6.07, 6.45) is 2.55. The van der Waals surface area contributed by atoms with Gasteiger partial charge in [0.25, 0.3) is 5.56 Å². The standard InChI is InChI=1S/C27H20N2O3S/c30-24-13-18(12-17-8-5-7-16-6-1-2-9-19(16)17)25(26-29(24)23(15-33-26)27(31)32)21-14-28-22-11-4-3-10-20(21)22/h1-11,13-14,23,28H,12,15H2,(H,31,32)/t23-/m0/s1. The van der Waals surface area contributed by atoms with Crippen molar-refractivity contribution < 1.29 is 9.90 Å². The van der Waals surface area contributed by atoms with Gasteiger partial charge in [-0.1, -0.05) is 60.7 Å². The molecule has 0 fully saturated rings. The molecule has 0 aliphatic carbocycles. The molecular weight excluding hydrogens is 432 g/mol. The predicted octanol–water partition coefficient (Wildman–Crippen LogP) is 5.47. The van der Waals surface area contributed by atoms with Crippen LogP contribution in [-0.4, -0.2) is 26.4 Å². The van der Waals surface area contributed by atoms with E-state index in [1.54, 1.807) is 6.07 Å². The number of carboxylic acids is 1. The van der Waals surface area contributed by atoms with Crippen LogP contribution in [0.4, 0.5) is 0 Å². The third-order valence-electron chi connectivity index (χ3n) is 6.38. The monoisotopic (exact) mass is 452 g/mol. The van der Waals surface area contributed by atoms with Crippen LogP contribution in [-0.2, 0) is 11.2 Å². The fourth-order valence-electron chi connectivity index (χ4n) is 4.86. The minimum Gasteiger partial charge on any atom is -0.480 e. The lowest BCUT2D eigenvalue weighted by molar-refractivity contribution is -0.140. The summed E-state index contributed by atoms with van der Waals surface area (Å²) >= 11 is 1.45. The van der Waals surface area contributed by atoms with Crippen LogP contribution < -0.4 is 5.56 Å². The number of nitrogens with zero attached hydrogens (tertiary/aromatic N) is 1. The third-order valence-corrected chi connectivity index (χ3v) is 7.54. The number of fused-ring (bicyclic) bond motifs is 3. The molecule has 1 atom stereocenters. The van der Waals surface area contributed by atoms with Crippen molar-refractivity contribution in [2.75, 3.05) is 5.75 Å². The molecule has 2 N–H and O–H groups in total. The normalized spacial score (nSPS) is 15.2. The van der Waals surface area contributed by atoms with Crippen molar-refractivity contribution in [2.24, 2.45) is 0 Å². The largest absolute Gasteiger partial charge is 0.480 e. The number of nitrogens with one attached hydrogen (secondary N) is 1. The van der Waals surface area contributed by atoms with Crippen LogP contribution in [0.25, 0.3) is 32.8 Å². The van der Waals surface area contributed by atoms with Crippen molar-refractivity contribution in [3.8, 4) is 11.1 Å². The first-order chi connectivity index (χ1) is 16.1. The summed E-state index contributed by atoms with van der Waals surface area (Å²) < 4.78 is 1.46. The molecule has 2 aromatic heterocycles. The first-order valence-corrected chi connectivity index (χ1v) is 11.8. The molecule has 5 aromatic rings. The first-order valence-electron chi connectivity index (χ1n) is 10.8. The van der Waals surface area contributed by atoms with Gasteiger partial charge in [-0.15, -0.1) is 11.8 Å². The number of aromatic amines is 1. The number of thioether (sulfide) groups is 1. The summed E-state index contributed by atoms with van der Waals surface area (Å²) in [5.74, 6) is -0.632. The van der Waals surface area contributed by atoms with Crippen molar-refractivity contribution in [1.29, 1.82) is 0 Å². The highest BCUT2D eigenvalue weighted by Crippen LogP contribution is 2.43. The van der Waals surface area contributed by atoms with Crippen molar-refractivity contribution in [1.82, 2.24) is 9.55 Å². The first kappa shape index (κ1) is 19.9. The van der Waals surface area contributed by atoms with Gasteiger partial charge in [-0.05, 0) is 34.4 Å². The Labute approximate surface area is 193 Å². The quantitative estimate of drug-likeness (QED) is 0.379. The minimum absolute atomic E-state index is 0.263. The van der Waals surface area contributed by atoms with E-state index in [-0.39, 0.29) is 5.56 Å². The Hall–Kier alpha value is -3.77. The molecule has 0 unspecified atom stereocenters. The summed E-state index contributed by atoms with van der Waals surface area (Å²) in [7, 11) is 0. The number of hydrogen-bond acceptors (Lipinski definition) is 3. The number of carbonyl (C=O) groups is 1. The molecule has 0 radical (unpaired) electrons. The molecule has 1 aliphatic heterocycles. The Morgan fingerprint density at radius 1 is 1.00 bits per heavy atom. The molecule has 162 valence electrons. The Morgan fingerprint density at radius 2 is 1.76 bits per heavy atom. The van der Waals surface area contributed by atoms with Gasteiger partial charge in [0.1, 0.15) is 6.04 Å². The molecule has 5 nitrogen and oxygen atoms in total. The van der Waals surface area contributed by atoms with Crippen LogP contribution in [0.5, 0.6) is 0 Å². The highest BCUT2D eigenvalue weighted by Gasteiger charge is 2.33. The Balaban J connectivity index is 1.62. The Morgan fingerprint density at radius 3 is 2.61 bits per heavy atom. The van der Waals surface area contributed by atoms with Crippen LogP contribution in [0.3, 0.4) is 0 Å². The van der Waals surface area contributed by atoms with Gasteiger partial charge < -0.3 is 10.1 Å². The number of rotatable bonds is 4. The van der Waals surface area contributed by atoms with Crippen molar-refractivity contribution in [2.45, 2.75) is 17.5 Å². The summed E-state index contributed by atoms with van der Waals surface area (Å²) in [5, 5.41) is 13.8. The summed E-state index contributed by atoms with van der Waals surface area (Å²) in [5.41, 5.74) is 4.71. The maximum absolute atomic E-state index is 13.2. The van der Waals surface area contributed by atoms with Crippen LogP contribution in [0.15, 0.2) is 88.8 Å². The predicted molar refractivity (Wildman–Crippen MR) is 132 cm³/mol. The fourth-order valence-corrected chi connectivity index (χ4v) is 6.21. The zero-order valence-electron chi connectivity index (χ0n) is 17.6. The van der Waals surface area contributed by atoms with Crippen LogP contribution in [0, 0.1) is 0 Å². The number of aliphatic carboxylic acids is 1. The van der Waals surface area contributed by atoms with E-state index < -0.39 is 12.0 Å². The second-order valence-electron chi connectivity index (χ2n) is 8.29. The second kappa shape index (κ2) is 7.67. The van der Waals surface area contributed by atoms with Gasteiger partial charge in [-0.25, -0.2) is 4.79 Å². The number of para-hydroxylation sites is 1. The molecule has 0 bridgehead atoms. The van der Waals surface area contributed by atoms with E-state index in [4.69, 9.17) is 0 Å². The molecular formula is C27H20N2O3S. The highest BCUT2D eigenvalue weighted by molar-refractivity contribution is 7.99. The highest BCUT2D eigenvalue weighted by atomic mass is 32.2. The fraction of sp³-hybridized carbons (Fsp3) is 0.111. The van der Waals surface area contributed by atoms with Crippen LogP contribution in [0.2, 0.25) is 0 Å².